The van der Waals surface area contributed by atoms with Crippen molar-refractivity contribution in [1.29, 1.82) is 0 Å². The van der Waals surface area contributed by atoms with Crippen LogP contribution in [-0.2, 0) is 23.7 Å². The van der Waals surface area contributed by atoms with Gasteiger partial charge in [-0.25, -0.2) is 0 Å². The largest absolute Gasteiger partial charge is 0.507 e. The molecule has 5 heterocycles. The maximum absolute atomic E-state index is 14.4. The van der Waals surface area contributed by atoms with E-state index in [1.54, 1.807) is 32.3 Å². The van der Waals surface area contributed by atoms with E-state index in [2.05, 4.69) is 5.32 Å². The van der Waals surface area contributed by atoms with Crippen LogP contribution in [0.3, 0.4) is 0 Å². The van der Waals surface area contributed by atoms with Crippen LogP contribution in [0.5, 0.6) is 23.0 Å². The van der Waals surface area contributed by atoms with Crippen LogP contribution in [0, 0.1) is 30.6 Å². The minimum Gasteiger partial charge on any atom is -0.507 e. The van der Waals surface area contributed by atoms with Crippen molar-refractivity contribution in [1.82, 2.24) is 0 Å². The standard InChI is InChI=1S/C41H53NO11S2/c1-18-12-11-13-19(2)38(48)42-29-28(39-54-16-17-55-39)32(45)25-26(33(29)46)31(44)22(5)36-27(25)37(47)41(9,53-36)50-15-14-24(49-10)20(3)34-23(6)35(21(4)30(18)43)52-40(7,8)51-34/h11-15,18,20-21,23-24,30,34-35,39,43-46H,16-17H2,1-10H3,(H,42,48)/b12-11-,15-14+,19-13?. The van der Waals surface area contributed by atoms with E-state index in [0.29, 0.717) is 0 Å². The van der Waals surface area contributed by atoms with E-state index in [1.165, 1.54) is 43.6 Å². The third kappa shape index (κ3) is 7.34. The van der Waals surface area contributed by atoms with Crippen LogP contribution in [0.25, 0.3) is 10.8 Å². The molecule has 300 valence electrons. The highest BCUT2D eigenvalue weighted by Gasteiger charge is 2.51. The molecule has 5 N–H and O–H groups in total. The topological polar surface area (TPSA) is 173 Å². The Morgan fingerprint density at radius 1 is 0.873 bits per heavy atom. The van der Waals surface area contributed by atoms with Crippen molar-refractivity contribution in [3.8, 4) is 23.0 Å². The number of amides is 1. The average Bonchev–Trinajstić information content (AvgIpc) is 3.76. The van der Waals surface area contributed by atoms with Crippen molar-refractivity contribution in [2.75, 3.05) is 23.9 Å². The number of allylic oxidation sites excluding steroid dienone is 2. The number of Topliss-reactive ketones (excluding diaryl/α,β-unsaturated/α-hetero) is 1. The Morgan fingerprint density at radius 3 is 2.15 bits per heavy atom. The summed E-state index contributed by atoms with van der Waals surface area (Å²) in [4.78, 5) is 28.1. The maximum Gasteiger partial charge on any atom is 0.312 e. The second-order valence-corrected chi connectivity index (χ2v) is 18.4. The number of anilines is 1. The summed E-state index contributed by atoms with van der Waals surface area (Å²) in [5, 5.41) is 49.6. The molecule has 0 aromatic heterocycles. The smallest absolute Gasteiger partial charge is 0.312 e. The molecule has 2 saturated heterocycles. The molecule has 5 aliphatic rings. The number of thioether (sulfide) groups is 2. The minimum atomic E-state index is -1.92. The molecular weight excluding hydrogens is 747 g/mol. The van der Waals surface area contributed by atoms with E-state index in [1.807, 2.05) is 47.6 Å². The second-order valence-electron chi connectivity index (χ2n) is 15.7. The summed E-state index contributed by atoms with van der Waals surface area (Å²) >= 11 is 3.04. The Morgan fingerprint density at radius 2 is 1.51 bits per heavy atom. The predicted octanol–water partition coefficient (Wildman–Crippen LogP) is 7.46. The quantitative estimate of drug-likeness (QED) is 0.150. The number of ether oxygens (including phenoxy) is 5. The molecule has 0 saturated carbocycles. The van der Waals surface area contributed by atoms with Gasteiger partial charge in [0.05, 0.1) is 51.9 Å². The summed E-state index contributed by atoms with van der Waals surface area (Å²) in [6, 6.07) is 0. The molecule has 2 aromatic carbocycles. The van der Waals surface area contributed by atoms with Crippen LogP contribution >= 0.6 is 23.5 Å². The van der Waals surface area contributed by atoms with Gasteiger partial charge in [-0.15, -0.1) is 23.5 Å². The van der Waals surface area contributed by atoms with Crippen molar-refractivity contribution in [2.24, 2.45) is 23.7 Å². The molecular formula is C41H53NO11S2. The van der Waals surface area contributed by atoms with E-state index in [4.69, 9.17) is 23.7 Å². The molecule has 12 nitrogen and oxygen atoms in total. The first-order valence-electron chi connectivity index (χ1n) is 18.6. The monoisotopic (exact) mass is 799 g/mol. The molecule has 55 heavy (non-hydrogen) atoms. The van der Waals surface area contributed by atoms with Crippen LogP contribution < -0.4 is 10.1 Å². The molecule has 1 amide bonds. The number of aromatic hydroxyl groups is 3. The second kappa shape index (κ2) is 15.5. The van der Waals surface area contributed by atoms with Gasteiger partial charge in [0.2, 0.25) is 0 Å². The van der Waals surface area contributed by atoms with Crippen LogP contribution in [0.15, 0.2) is 36.1 Å². The minimum absolute atomic E-state index is 0.00560. The number of hydrogen-bond donors (Lipinski definition) is 5. The summed E-state index contributed by atoms with van der Waals surface area (Å²) in [6.07, 6.45) is 6.05. The lowest BCUT2D eigenvalue weighted by atomic mass is 9.77. The number of carbonyl (C=O) groups is 2. The van der Waals surface area contributed by atoms with Gasteiger partial charge in [-0.3, -0.25) is 9.59 Å². The molecule has 14 heteroatoms. The first-order chi connectivity index (χ1) is 25.8. The highest BCUT2D eigenvalue weighted by Crippen LogP contribution is 2.60. The van der Waals surface area contributed by atoms with Gasteiger partial charge in [0, 0.05) is 71.3 Å². The van der Waals surface area contributed by atoms with Crippen molar-refractivity contribution in [3.05, 3.63) is 52.8 Å². The summed E-state index contributed by atoms with van der Waals surface area (Å²) in [7, 11) is 1.57. The molecule has 9 unspecified atom stereocenters. The number of rotatable bonds is 2. The van der Waals surface area contributed by atoms with Gasteiger partial charge in [-0.2, -0.15) is 0 Å². The predicted molar refractivity (Wildman–Crippen MR) is 214 cm³/mol. The van der Waals surface area contributed by atoms with Gasteiger partial charge in [0.1, 0.15) is 17.2 Å². The molecule has 0 aliphatic carbocycles. The van der Waals surface area contributed by atoms with Gasteiger partial charge in [0.15, 0.2) is 11.5 Å². The molecule has 5 aliphatic heterocycles. The number of carbonyl (C=O) groups excluding carboxylic acids is 2. The van der Waals surface area contributed by atoms with E-state index in [9.17, 15) is 30.0 Å². The van der Waals surface area contributed by atoms with Crippen molar-refractivity contribution < 1.29 is 53.7 Å². The molecule has 7 rings (SSSR count). The van der Waals surface area contributed by atoms with Crippen molar-refractivity contribution in [3.63, 3.8) is 0 Å². The lowest BCUT2D eigenvalue weighted by Crippen LogP contribution is -2.57. The Bertz CT molecular complexity index is 1950. The normalized spacial score (nSPS) is 34.3. The molecule has 2 fully saturated rings. The first-order valence-corrected chi connectivity index (χ1v) is 20.7. The third-order valence-electron chi connectivity index (χ3n) is 11.4. The summed E-state index contributed by atoms with van der Waals surface area (Å²) in [6.45, 7) is 16.2. The SMILES string of the molecule is COC1/C=C/OC2(C)Oc3c(C)c(O)c4c(O)c(c(C5SCCS5)c(O)c4c3C2=O)NC(=O)C(C)=C/C=C\C(C)C(O)C(C)C2OC(C)(C)OC(C1C)C2C. The lowest BCUT2D eigenvalue weighted by Gasteiger charge is -2.50. The Labute approximate surface area is 330 Å². The fourth-order valence-electron chi connectivity index (χ4n) is 8.19. The van der Waals surface area contributed by atoms with Crippen LogP contribution in [-0.4, -0.2) is 86.7 Å². The Balaban J connectivity index is 1.52. The van der Waals surface area contributed by atoms with E-state index >= 15 is 0 Å². The van der Waals surface area contributed by atoms with Crippen molar-refractivity contribution >= 4 is 51.7 Å². The molecule has 0 radical (unpaired) electrons. The van der Waals surface area contributed by atoms with Gasteiger partial charge in [-0.05, 0) is 33.8 Å². The highest BCUT2D eigenvalue weighted by atomic mass is 32.2. The maximum atomic E-state index is 14.4. The molecule has 0 spiro atoms. The number of nitrogens with one attached hydrogen (secondary N) is 1. The number of phenolic OH excluding ortho intramolecular Hbond substituents is 3. The Hall–Kier alpha value is -3.40. The van der Waals surface area contributed by atoms with Gasteiger partial charge in [-0.1, -0.05) is 45.9 Å². The highest BCUT2D eigenvalue weighted by molar-refractivity contribution is 8.19. The molecule has 7 bridgehead atoms. The van der Waals surface area contributed by atoms with Gasteiger partial charge < -0.3 is 49.4 Å². The zero-order valence-electron chi connectivity index (χ0n) is 33.0. The third-order valence-corrected chi connectivity index (χ3v) is 14.4. The number of ketones is 1. The van der Waals surface area contributed by atoms with Crippen LogP contribution in [0.1, 0.15) is 81.5 Å². The van der Waals surface area contributed by atoms with Crippen molar-refractivity contribution in [2.45, 2.75) is 103 Å². The lowest BCUT2D eigenvalue weighted by molar-refractivity contribution is -0.341. The molecule has 9 atom stereocenters. The van der Waals surface area contributed by atoms with Crippen LogP contribution in [0.2, 0.25) is 0 Å². The van der Waals surface area contributed by atoms with Crippen LogP contribution in [0.4, 0.5) is 5.69 Å². The number of fused-ring (bicyclic) bond motifs is 10. The zero-order valence-corrected chi connectivity index (χ0v) is 34.6. The Kier molecular flexibility index (Phi) is 11.6. The van der Waals surface area contributed by atoms with Gasteiger partial charge in [0.25, 0.3) is 11.7 Å². The number of phenols is 3. The summed E-state index contributed by atoms with van der Waals surface area (Å²) in [5.74, 6) is -4.91. The fraction of sp³-hybridized carbons (Fsp3) is 0.561. The van der Waals surface area contributed by atoms with E-state index in [-0.39, 0.29) is 86.1 Å². The van der Waals surface area contributed by atoms with Gasteiger partial charge >= 0.3 is 5.79 Å². The summed E-state index contributed by atoms with van der Waals surface area (Å²) in [5.41, 5.74) is 0.506. The summed E-state index contributed by atoms with van der Waals surface area (Å²) < 4.78 is 30.7. The van der Waals surface area contributed by atoms with E-state index in [0.717, 1.165) is 11.5 Å². The molecule has 2 aromatic rings. The number of benzene rings is 2. The average molecular weight is 800 g/mol. The zero-order chi connectivity index (χ0) is 40.3. The van der Waals surface area contributed by atoms with E-state index < -0.39 is 51.6 Å². The fourth-order valence-corrected chi connectivity index (χ4v) is 11.1. The number of hydrogen-bond acceptors (Lipinski definition) is 13. The number of aliphatic hydroxyl groups is 1. The first kappa shape index (κ1) is 41.2. The number of aliphatic hydroxyl groups excluding tert-OH is 1. The number of methoxy groups -OCH3 is 1.